The molecule has 0 radical (unpaired) electrons. The van der Waals surface area contributed by atoms with Crippen molar-refractivity contribution in [2.45, 2.75) is 112 Å². The summed E-state index contributed by atoms with van der Waals surface area (Å²) in [6.07, 6.45) is 1.84. The van der Waals surface area contributed by atoms with Crippen LogP contribution in [0.25, 0.3) is 0 Å². The van der Waals surface area contributed by atoms with Gasteiger partial charge in [-0.05, 0) is 78.6 Å². The Labute approximate surface area is 206 Å². The van der Waals surface area contributed by atoms with Gasteiger partial charge in [0.05, 0.1) is 18.1 Å². The highest BCUT2D eigenvalue weighted by Gasteiger charge is 2.83. The van der Waals surface area contributed by atoms with Crippen molar-refractivity contribution < 1.29 is 28.8 Å². The van der Waals surface area contributed by atoms with Crippen molar-refractivity contribution in [3.05, 3.63) is 23.3 Å². The van der Waals surface area contributed by atoms with Gasteiger partial charge in [-0.25, -0.2) is 4.90 Å². The van der Waals surface area contributed by atoms with E-state index >= 15 is 0 Å². The number of likely N-dealkylation sites (tertiary alicyclic amines) is 1. The van der Waals surface area contributed by atoms with Gasteiger partial charge in [0, 0.05) is 11.6 Å². The molecule has 4 saturated heterocycles. The Morgan fingerprint density at radius 2 is 1.69 bits per heavy atom. The van der Waals surface area contributed by atoms with Crippen LogP contribution in [0.1, 0.15) is 58.1 Å². The number of ether oxygens (including phenoxy) is 5. The van der Waals surface area contributed by atoms with E-state index in [9.17, 15) is 5.11 Å². The lowest BCUT2D eigenvalue weighted by Gasteiger charge is -2.65. The van der Waals surface area contributed by atoms with Crippen LogP contribution in [0.15, 0.2) is 12.1 Å². The van der Waals surface area contributed by atoms with Gasteiger partial charge in [-0.3, -0.25) is 0 Å². The summed E-state index contributed by atoms with van der Waals surface area (Å²) in [6.45, 7) is 9.34. The predicted octanol–water partition coefficient (Wildman–Crippen LogP) is 2.15. The molecule has 1 saturated carbocycles. The van der Waals surface area contributed by atoms with E-state index in [-0.39, 0.29) is 30.8 Å². The van der Waals surface area contributed by atoms with Crippen LogP contribution in [-0.2, 0) is 26.0 Å². The molecule has 1 aromatic carbocycles. The minimum atomic E-state index is -0.906. The van der Waals surface area contributed by atoms with Crippen LogP contribution in [0.5, 0.6) is 11.5 Å². The molecular weight excluding hydrogens is 448 g/mol. The lowest BCUT2D eigenvalue weighted by molar-refractivity contribution is -0.265. The lowest BCUT2D eigenvalue weighted by atomic mass is 9.46. The first-order chi connectivity index (χ1) is 16.5. The van der Waals surface area contributed by atoms with Gasteiger partial charge >= 0.3 is 0 Å². The zero-order valence-electron chi connectivity index (χ0n) is 21.5. The predicted molar refractivity (Wildman–Crippen MR) is 125 cm³/mol. The van der Waals surface area contributed by atoms with Gasteiger partial charge < -0.3 is 33.7 Å². The minimum absolute atomic E-state index is 0.0428. The summed E-state index contributed by atoms with van der Waals surface area (Å²) in [4.78, 5) is 4.65. The zero-order chi connectivity index (χ0) is 24.3. The summed E-state index contributed by atoms with van der Waals surface area (Å²) in [6, 6.07) is 4.24. The number of likely N-dealkylation sites (N-methyl/N-ethyl adjacent to an activating group) is 1. The number of aliphatic hydroxyl groups is 1. The Kier molecular flexibility index (Phi) is 3.71. The van der Waals surface area contributed by atoms with E-state index < -0.39 is 27.8 Å². The first-order valence-electron chi connectivity index (χ1n) is 13.1. The number of hydrogen-bond donors (Lipinski definition) is 1. The van der Waals surface area contributed by atoms with Gasteiger partial charge in [-0.1, -0.05) is 6.07 Å². The van der Waals surface area contributed by atoms with Crippen molar-refractivity contribution in [3.8, 4) is 11.5 Å². The number of rotatable bonds is 1. The van der Waals surface area contributed by atoms with Crippen LogP contribution in [0.3, 0.4) is 0 Å². The monoisotopic (exact) mass is 484 g/mol. The molecule has 5 fully saturated rings. The highest BCUT2D eigenvalue weighted by atomic mass is 16.7. The Hall–Kier alpha value is -1.42. The van der Waals surface area contributed by atoms with Crippen molar-refractivity contribution in [1.29, 1.82) is 0 Å². The number of benzene rings is 1. The fourth-order valence-electron chi connectivity index (χ4n) is 9.17. The number of hydrogen-bond acceptors (Lipinski definition) is 8. The van der Waals surface area contributed by atoms with Crippen LogP contribution < -0.4 is 9.47 Å². The van der Waals surface area contributed by atoms with E-state index in [2.05, 4.69) is 50.6 Å². The lowest BCUT2D eigenvalue weighted by Crippen LogP contribution is -2.80. The highest BCUT2D eigenvalue weighted by Crippen LogP contribution is 2.70. The van der Waals surface area contributed by atoms with Crippen LogP contribution in [-0.4, -0.2) is 88.8 Å². The van der Waals surface area contributed by atoms with Crippen molar-refractivity contribution in [1.82, 2.24) is 9.80 Å². The number of piperidine rings is 1. The van der Waals surface area contributed by atoms with Gasteiger partial charge in [-0.15, -0.1) is 0 Å². The van der Waals surface area contributed by atoms with E-state index in [4.69, 9.17) is 23.7 Å². The molecule has 5 heterocycles. The Bertz CT molecular complexity index is 1150. The van der Waals surface area contributed by atoms with Crippen LogP contribution >= 0.6 is 0 Å². The first-order valence-corrected chi connectivity index (χ1v) is 13.1. The molecule has 2 spiro atoms. The Morgan fingerprint density at radius 1 is 0.971 bits per heavy atom. The third-order valence-electron chi connectivity index (χ3n) is 10.6. The SMILES string of the molecule is COc1ccc2c3c1O[C@H]1[C@]4(CC[C@@]5(O)[C@@H](C2)N(C)CC[C@]315)O[C@@H]1N2[C@@H](OC1(C)C)C(C)(C)O[C@H]24. The third-order valence-corrected chi connectivity index (χ3v) is 10.6. The first kappa shape index (κ1) is 21.6. The minimum Gasteiger partial charge on any atom is -0.493 e. The van der Waals surface area contributed by atoms with Crippen molar-refractivity contribution in [2.75, 3.05) is 20.7 Å². The van der Waals surface area contributed by atoms with Gasteiger partial charge in [0.1, 0.15) is 41.6 Å². The zero-order valence-corrected chi connectivity index (χ0v) is 21.5. The average molecular weight is 485 g/mol. The third kappa shape index (κ3) is 2.10. The van der Waals surface area contributed by atoms with Gasteiger partial charge in [-0.2, -0.15) is 0 Å². The quantitative estimate of drug-likeness (QED) is 0.650. The summed E-state index contributed by atoms with van der Waals surface area (Å²) in [5.41, 5.74) is -0.748. The van der Waals surface area contributed by atoms with Gasteiger partial charge in [0.25, 0.3) is 0 Å². The summed E-state index contributed by atoms with van der Waals surface area (Å²) < 4.78 is 33.2. The van der Waals surface area contributed by atoms with E-state index in [1.54, 1.807) is 7.11 Å². The van der Waals surface area contributed by atoms with Crippen LogP contribution in [0, 0.1) is 0 Å². The molecule has 7 aliphatic rings. The molecule has 0 aromatic heterocycles. The largest absolute Gasteiger partial charge is 0.493 e. The fourth-order valence-corrected chi connectivity index (χ4v) is 9.17. The second-order valence-electron chi connectivity index (χ2n) is 13.0. The molecule has 1 N–H and O–H groups in total. The van der Waals surface area contributed by atoms with E-state index in [1.165, 1.54) is 5.56 Å². The average Bonchev–Trinajstić information content (AvgIpc) is 3.47. The molecule has 8 nitrogen and oxygen atoms in total. The van der Waals surface area contributed by atoms with Crippen LogP contribution in [0.4, 0.5) is 0 Å². The molecule has 35 heavy (non-hydrogen) atoms. The number of fused-ring (bicyclic) bond motifs is 2. The standard InChI is InChI=1S/C27H36N2O6/c1-23(2)20-29-21(24(3,4)33-20)35-26(22(29)34-23)9-10-27(30)16-13-14-7-8-15(31-6)18-17(14)25(27,19(26)32-18)11-12-28(16)5/h7-8,16,19-22,30H,9-13H2,1-6H3/t16-,19-,20+,21+,22+,25+,26+,27-/m1/s1. The summed E-state index contributed by atoms with van der Waals surface area (Å²) in [5, 5.41) is 12.7. The molecule has 8 atom stereocenters. The molecule has 1 aromatic rings. The summed E-state index contributed by atoms with van der Waals surface area (Å²) in [7, 11) is 3.84. The summed E-state index contributed by atoms with van der Waals surface area (Å²) in [5.74, 6) is 1.52. The summed E-state index contributed by atoms with van der Waals surface area (Å²) >= 11 is 0. The molecule has 0 amide bonds. The van der Waals surface area contributed by atoms with Gasteiger partial charge in [0.15, 0.2) is 11.5 Å². The van der Waals surface area contributed by atoms with Gasteiger partial charge in [0.2, 0.25) is 0 Å². The second-order valence-corrected chi connectivity index (χ2v) is 13.0. The molecule has 5 aliphatic heterocycles. The normalized spacial score (nSPS) is 49.7. The molecule has 2 aliphatic carbocycles. The highest BCUT2D eigenvalue weighted by molar-refractivity contribution is 5.63. The molecule has 8 heteroatoms. The molecular formula is C27H36N2O6. The topological polar surface area (TPSA) is 72.9 Å². The maximum absolute atomic E-state index is 12.7. The van der Waals surface area contributed by atoms with Crippen molar-refractivity contribution >= 4 is 0 Å². The van der Waals surface area contributed by atoms with E-state index in [0.29, 0.717) is 12.8 Å². The molecule has 8 rings (SSSR count). The second kappa shape index (κ2) is 6.00. The molecule has 190 valence electrons. The van der Waals surface area contributed by atoms with Crippen molar-refractivity contribution in [3.63, 3.8) is 0 Å². The van der Waals surface area contributed by atoms with Crippen LogP contribution in [0.2, 0.25) is 0 Å². The maximum Gasteiger partial charge on any atom is 0.166 e. The Morgan fingerprint density at radius 3 is 2.43 bits per heavy atom. The smallest absolute Gasteiger partial charge is 0.166 e. The molecule has 0 unspecified atom stereocenters. The fraction of sp³-hybridized carbons (Fsp3) is 0.778. The Balaban J connectivity index is 1.36. The molecule has 2 bridgehead atoms. The van der Waals surface area contributed by atoms with Crippen molar-refractivity contribution in [2.24, 2.45) is 0 Å². The number of nitrogens with zero attached hydrogens (tertiary/aromatic N) is 2. The maximum atomic E-state index is 12.7. The number of methoxy groups -OCH3 is 1. The van der Waals surface area contributed by atoms with E-state index in [0.717, 1.165) is 36.4 Å². The van der Waals surface area contributed by atoms with E-state index in [1.807, 2.05) is 6.07 Å².